The maximum Gasteiger partial charge on any atom is 0.410 e. The van der Waals surface area contributed by atoms with Crippen molar-refractivity contribution in [3.8, 4) is 0 Å². The second kappa shape index (κ2) is 11.5. The van der Waals surface area contributed by atoms with Gasteiger partial charge in [0, 0.05) is 68.5 Å². The molecule has 4 heterocycles. The lowest BCUT2D eigenvalue weighted by atomic mass is 9.41. The van der Waals surface area contributed by atoms with Crippen LogP contribution in [0.5, 0.6) is 0 Å². The number of carbonyl (C=O) groups excluding carboxylic acids is 2. The zero-order chi connectivity index (χ0) is 36.0. The fourth-order valence-corrected chi connectivity index (χ4v) is 9.40. The van der Waals surface area contributed by atoms with E-state index in [-0.39, 0.29) is 33.7 Å². The Balaban J connectivity index is 1.14. The van der Waals surface area contributed by atoms with Gasteiger partial charge in [0.2, 0.25) is 0 Å². The van der Waals surface area contributed by atoms with Gasteiger partial charge in [-0.3, -0.25) is 9.48 Å². The van der Waals surface area contributed by atoms with Crippen LogP contribution in [-0.4, -0.2) is 81.8 Å². The molecule has 4 aliphatic rings. The molecule has 2 amide bonds. The number of halogens is 1. The summed E-state index contributed by atoms with van der Waals surface area (Å²) in [5.74, 6) is -0.885. The van der Waals surface area contributed by atoms with Crippen LogP contribution in [0, 0.1) is 18.2 Å². The third-order valence-corrected chi connectivity index (χ3v) is 15.5. The summed E-state index contributed by atoms with van der Waals surface area (Å²) in [6.45, 7) is 21.9. The number of carbonyl (C=O) groups is 2. The van der Waals surface area contributed by atoms with Crippen molar-refractivity contribution in [3.63, 3.8) is 0 Å². The number of nitrogens with one attached hydrogen (secondary N) is 1. The first-order valence-electron chi connectivity index (χ1n) is 17.6. The highest BCUT2D eigenvalue weighted by molar-refractivity contribution is 6.74. The highest BCUT2D eigenvalue weighted by Crippen LogP contribution is 2.71. The number of hydrogen-bond donors (Lipinski definition) is 1. The van der Waals surface area contributed by atoms with Gasteiger partial charge in [-0.15, -0.1) is 0 Å². The van der Waals surface area contributed by atoms with E-state index in [9.17, 15) is 14.0 Å². The van der Waals surface area contributed by atoms with E-state index in [2.05, 4.69) is 55.3 Å². The largest absolute Gasteiger partial charge is 0.444 e. The number of aryl methyl sites for hydroxylation is 1. The molecule has 3 aromatic heterocycles. The number of aromatic nitrogens is 4. The zero-order valence-electron chi connectivity index (χ0n) is 30.8. The molecule has 268 valence electrons. The molecular weight excluding hydrogens is 654 g/mol. The minimum Gasteiger partial charge on any atom is -0.444 e. The van der Waals surface area contributed by atoms with Crippen LogP contribution < -0.4 is 10.2 Å². The standard InChI is InChI=1S/C37H50FN7O4Si/c1-24-17-44-18-25(16-28(38)31(44)39-24)40-32(46)26-10-11-29(42-12-14-43(15-13-42)33(47)48-34(2,3)4)27-19-45(41-30(26)27)23-36-20-37(21-36,22-36)49-50(8,9)35(5,6)7/h10-11,16-19H,12-15,20-23H2,1-9H3,(H,40,46). The van der Waals surface area contributed by atoms with Crippen LogP contribution in [0.15, 0.2) is 36.8 Å². The van der Waals surface area contributed by atoms with Crippen molar-refractivity contribution < 1.29 is 23.1 Å². The van der Waals surface area contributed by atoms with Gasteiger partial charge in [-0.2, -0.15) is 5.10 Å². The van der Waals surface area contributed by atoms with Crippen LogP contribution in [0.2, 0.25) is 18.1 Å². The van der Waals surface area contributed by atoms with E-state index in [1.54, 1.807) is 34.7 Å². The van der Waals surface area contributed by atoms with Crippen LogP contribution >= 0.6 is 0 Å². The summed E-state index contributed by atoms with van der Waals surface area (Å²) in [6.07, 6.45) is 8.21. The van der Waals surface area contributed by atoms with Gasteiger partial charge in [0.15, 0.2) is 19.8 Å². The number of piperazine rings is 1. The molecule has 3 saturated carbocycles. The molecule has 2 bridgehead atoms. The Kier molecular flexibility index (Phi) is 7.95. The molecule has 1 saturated heterocycles. The van der Waals surface area contributed by atoms with Gasteiger partial charge in [-0.05, 0) is 82.6 Å². The van der Waals surface area contributed by atoms with Crippen molar-refractivity contribution in [2.24, 2.45) is 5.41 Å². The number of ether oxygens (including phenoxy) is 1. The first-order valence-corrected chi connectivity index (χ1v) is 20.5. The number of amides is 2. The Hall–Kier alpha value is -3.97. The number of nitrogens with zero attached hydrogens (tertiary/aromatic N) is 6. The van der Waals surface area contributed by atoms with Gasteiger partial charge < -0.3 is 28.7 Å². The summed E-state index contributed by atoms with van der Waals surface area (Å²) >= 11 is 0. The van der Waals surface area contributed by atoms with Crippen LogP contribution in [0.25, 0.3) is 16.6 Å². The third-order valence-electron chi connectivity index (χ3n) is 11.0. The van der Waals surface area contributed by atoms with Crippen LogP contribution in [0.1, 0.15) is 76.9 Å². The van der Waals surface area contributed by atoms with Gasteiger partial charge in [-0.1, -0.05) is 20.8 Å². The molecule has 0 unspecified atom stereocenters. The molecule has 1 aliphatic heterocycles. The summed E-state index contributed by atoms with van der Waals surface area (Å²) in [5.41, 5.74) is 2.76. The van der Waals surface area contributed by atoms with Crippen molar-refractivity contribution in [2.45, 2.75) is 104 Å². The van der Waals surface area contributed by atoms with Crippen molar-refractivity contribution >= 4 is 48.2 Å². The van der Waals surface area contributed by atoms with E-state index in [0.717, 1.165) is 36.9 Å². The molecule has 11 nitrogen and oxygen atoms in total. The van der Waals surface area contributed by atoms with Gasteiger partial charge in [0.1, 0.15) is 11.1 Å². The summed E-state index contributed by atoms with van der Waals surface area (Å²) in [4.78, 5) is 34.8. The number of hydrogen-bond acceptors (Lipinski definition) is 7. The van der Waals surface area contributed by atoms with Crippen LogP contribution in [0.3, 0.4) is 0 Å². The summed E-state index contributed by atoms with van der Waals surface area (Å²) in [6, 6.07) is 5.04. The van der Waals surface area contributed by atoms with Gasteiger partial charge >= 0.3 is 6.09 Å². The minimum absolute atomic E-state index is 0.0102. The monoisotopic (exact) mass is 703 g/mol. The number of imidazole rings is 1. The Morgan fingerprint density at radius 1 is 1.00 bits per heavy atom. The first-order chi connectivity index (χ1) is 23.2. The van der Waals surface area contributed by atoms with Crippen molar-refractivity contribution in [1.29, 1.82) is 0 Å². The molecule has 50 heavy (non-hydrogen) atoms. The quantitative estimate of drug-likeness (QED) is 0.200. The molecular formula is C37H50FN7O4Si. The lowest BCUT2D eigenvalue weighted by Crippen LogP contribution is -2.72. The Bertz CT molecular complexity index is 1980. The summed E-state index contributed by atoms with van der Waals surface area (Å²) in [7, 11) is -1.88. The molecule has 0 spiro atoms. The molecule has 0 atom stereocenters. The molecule has 13 heteroatoms. The molecule has 1 N–H and O–H groups in total. The predicted molar refractivity (Wildman–Crippen MR) is 195 cm³/mol. The number of rotatable bonds is 7. The smallest absolute Gasteiger partial charge is 0.410 e. The number of anilines is 2. The van der Waals surface area contributed by atoms with Gasteiger partial charge in [-0.25, -0.2) is 14.2 Å². The van der Waals surface area contributed by atoms with Crippen LogP contribution in [-0.2, 0) is 15.7 Å². The number of pyridine rings is 1. The first kappa shape index (κ1) is 34.5. The van der Waals surface area contributed by atoms with E-state index >= 15 is 0 Å². The van der Waals surface area contributed by atoms with Gasteiger partial charge in [0.05, 0.1) is 22.5 Å². The maximum absolute atomic E-state index is 14.9. The number of benzene rings is 1. The highest BCUT2D eigenvalue weighted by atomic mass is 28.4. The van der Waals surface area contributed by atoms with Crippen molar-refractivity contribution in [1.82, 2.24) is 24.1 Å². The fraction of sp³-hybridized carbons (Fsp3) is 0.568. The van der Waals surface area contributed by atoms with E-state index in [1.807, 2.05) is 31.5 Å². The third kappa shape index (κ3) is 6.27. The van der Waals surface area contributed by atoms with Gasteiger partial charge in [0.25, 0.3) is 5.91 Å². The average molecular weight is 704 g/mol. The second-order valence-corrected chi connectivity index (χ2v) is 22.1. The summed E-state index contributed by atoms with van der Waals surface area (Å²) < 4.78 is 30.9. The van der Waals surface area contributed by atoms with E-state index in [1.165, 1.54) is 6.07 Å². The Morgan fingerprint density at radius 2 is 1.68 bits per heavy atom. The normalized spacial score (nSPS) is 22.4. The average Bonchev–Trinajstić information content (AvgIpc) is 3.56. The van der Waals surface area contributed by atoms with Crippen molar-refractivity contribution in [3.05, 3.63) is 53.9 Å². The lowest BCUT2D eigenvalue weighted by Gasteiger charge is -2.72. The molecule has 4 aromatic rings. The Labute approximate surface area is 294 Å². The second-order valence-electron chi connectivity index (χ2n) is 17.4. The predicted octanol–water partition coefficient (Wildman–Crippen LogP) is 7.39. The molecule has 1 aromatic carbocycles. The SMILES string of the molecule is Cc1cn2cc(NC(=O)c3ccc(N4CCN(C(=O)OC(C)(C)C)CC4)c4cn(CC56CC(O[Si](C)(C)C(C)(C)C)(C5)C6)nc34)cc(F)c2n1. The van der Waals surface area contributed by atoms with E-state index in [4.69, 9.17) is 14.3 Å². The fourth-order valence-electron chi connectivity index (χ4n) is 7.79. The molecule has 0 radical (unpaired) electrons. The van der Waals surface area contributed by atoms with E-state index in [0.29, 0.717) is 48.6 Å². The molecule has 3 aliphatic carbocycles. The van der Waals surface area contributed by atoms with Crippen molar-refractivity contribution in [2.75, 3.05) is 36.4 Å². The molecule has 4 fully saturated rings. The van der Waals surface area contributed by atoms with E-state index < -0.39 is 19.7 Å². The highest BCUT2D eigenvalue weighted by Gasteiger charge is 2.70. The molecule has 8 rings (SSSR count). The maximum atomic E-state index is 14.9. The summed E-state index contributed by atoms with van der Waals surface area (Å²) in [5, 5.41) is 8.96. The Morgan fingerprint density at radius 3 is 2.32 bits per heavy atom. The minimum atomic E-state index is -1.88. The zero-order valence-corrected chi connectivity index (χ0v) is 31.8. The number of fused-ring (bicyclic) bond motifs is 2. The van der Waals surface area contributed by atoms with Crippen LogP contribution in [0.4, 0.5) is 20.6 Å². The topological polar surface area (TPSA) is 106 Å². The lowest BCUT2D eigenvalue weighted by molar-refractivity contribution is -0.256.